The van der Waals surface area contributed by atoms with Crippen LogP contribution in [0.2, 0.25) is 10.0 Å². The molecule has 0 fully saturated rings. The van der Waals surface area contributed by atoms with E-state index in [0.29, 0.717) is 31.9 Å². The summed E-state index contributed by atoms with van der Waals surface area (Å²) < 4.78 is 1.84. The SMILES string of the molecule is S=c1[nH]nc(-c2cc(-c3ccccc3)n[nH]2)n1N=Cc1cccc(Cl)c1Cl. The maximum Gasteiger partial charge on any atom is 0.216 e. The summed E-state index contributed by atoms with van der Waals surface area (Å²) in [5, 5.41) is 19.6. The van der Waals surface area contributed by atoms with Gasteiger partial charge in [-0.15, -0.1) is 0 Å². The highest BCUT2D eigenvalue weighted by atomic mass is 35.5. The quantitative estimate of drug-likeness (QED) is 0.356. The first kappa shape index (κ1) is 17.7. The molecule has 4 aromatic rings. The third-order valence-corrected chi connectivity index (χ3v) is 4.93. The summed E-state index contributed by atoms with van der Waals surface area (Å²) in [6.45, 7) is 0. The van der Waals surface area contributed by atoms with Crippen molar-refractivity contribution >= 4 is 41.6 Å². The zero-order valence-electron chi connectivity index (χ0n) is 13.7. The van der Waals surface area contributed by atoms with Crippen molar-refractivity contribution in [3.05, 3.63) is 75.0 Å². The van der Waals surface area contributed by atoms with Gasteiger partial charge in [0.05, 0.1) is 22.0 Å². The number of nitrogens with one attached hydrogen (secondary N) is 2. The van der Waals surface area contributed by atoms with Crippen molar-refractivity contribution in [3.63, 3.8) is 0 Å². The summed E-state index contributed by atoms with van der Waals surface area (Å²) in [4.78, 5) is 0. The smallest absolute Gasteiger partial charge is 0.216 e. The molecule has 0 amide bonds. The van der Waals surface area contributed by atoms with Crippen LogP contribution in [-0.2, 0) is 0 Å². The molecule has 2 aromatic heterocycles. The zero-order valence-corrected chi connectivity index (χ0v) is 16.1. The highest BCUT2D eigenvalue weighted by molar-refractivity contribution is 7.71. The Morgan fingerprint density at radius 2 is 1.81 bits per heavy atom. The summed E-state index contributed by atoms with van der Waals surface area (Å²) in [6.07, 6.45) is 1.58. The Hall–Kier alpha value is -2.74. The third kappa shape index (κ3) is 3.57. The second-order valence-electron chi connectivity index (χ2n) is 5.58. The Balaban J connectivity index is 1.71. The molecule has 2 aromatic carbocycles. The molecule has 9 heteroatoms. The van der Waals surface area contributed by atoms with Gasteiger partial charge in [0.15, 0.2) is 0 Å². The summed E-state index contributed by atoms with van der Waals surface area (Å²) in [5.74, 6) is 0.504. The molecule has 0 aliphatic heterocycles. The van der Waals surface area contributed by atoms with Crippen molar-refractivity contribution in [1.29, 1.82) is 0 Å². The molecule has 134 valence electrons. The van der Waals surface area contributed by atoms with Crippen LogP contribution in [0.15, 0.2) is 59.7 Å². The largest absolute Gasteiger partial charge is 0.274 e. The minimum Gasteiger partial charge on any atom is -0.274 e. The Morgan fingerprint density at radius 3 is 2.63 bits per heavy atom. The van der Waals surface area contributed by atoms with Crippen molar-refractivity contribution < 1.29 is 0 Å². The zero-order chi connectivity index (χ0) is 18.8. The van der Waals surface area contributed by atoms with Crippen LogP contribution in [0.1, 0.15) is 5.56 Å². The van der Waals surface area contributed by atoms with E-state index in [9.17, 15) is 0 Å². The Bertz CT molecular complexity index is 1180. The number of benzene rings is 2. The summed E-state index contributed by atoms with van der Waals surface area (Å²) in [6, 6.07) is 17.0. The fourth-order valence-corrected chi connectivity index (χ4v) is 3.04. The lowest BCUT2D eigenvalue weighted by atomic mass is 10.1. The highest BCUT2D eigenvalue weighted by Crippen LogP contribution is 2.25. The predicted molar refractivity (Wildman–Crippen MR) is 110 cm³/mol. The van der Waals surface area contributed by atoms with Crippen LogP contribution in [0.3, 0.4) is 0 Å². The van der Waals surface area contributed by atoms with E-state index in [1.54, 1.807) is 18.3 Å². The van der Waals surface area contributed by atoms with Crippen LogP contribution in [-0.4, -0.2) is 31.3 Å². The van der Waals surface area contributed by atoms with Crippen LogP contribution in [0.5, 0.6) is 0 Å². The van der Waals surface area contributed by atoms with E-state index in [1.165, 1.54) is 4.68 Å². The number of hydrogen-bond donors (Lipinski definition) is 2. The molecular formula is C18H12Cl2N6S. The fourth-order valence-electron chi connectivity index (χ4n) is 2.51. The van der Waals surface area contributed by atoms with E-state index in [4.69, 9.17) is 35.4 Å². The molecule has 0 atom stereocenters. The molecule has 6 nitrogen and oxygen atoms in total. The maximum absolute atomic E-state index is 6.20. The van der Waals surface area contributed by atoms with Crippen LogP contribution in [0.4, 0.5) is 0 Å². The molecule has 0 bridgehead atoms. The normalized spacial score (nSPS) is 11.3. The summed E-state index contributed by atoms with van der Waals surface area (Å²) in [7, 11) is 0. The molecule has 0 saturated heterocycles. The minimum absolute atomic E-state index is 0.343. The number of H-pyrrole nitrogens is 2. The van der Waals surface area contributed by atoms with E-state index in [0.717, 1.165) is 11.3 Å². The number of nitrogens with zero attached hydrogens (tertiary/aromatic N) is 4. The predicted octanol–water partition coefficient (Wildman–Crippen LogP) is 5.19. The van der Waals surface area contributed by atoms with Gasteiger partial charge in [-0.3, -0.25) is 5.10 Å². The lowest BCUT2D eigenvalue weighted by Gasteiger charge is -2.01. The third-order valence-electron chi connectivity index (χ3n) is 3.83. The van der Waals surface area contributed by atoms with Gasteiger partial charge in [-0.05, 0) is 24.4 Å². The Labute approximate surface area is 169 Å². The summed E-state index contributed by atoms with van der Waals surface area (Å²) in [5.41, 5.74) is 3.14. The van der Waals surface area contributed by atoms with Gasteiger partial charge in [0.25, 0.3) is 0 Å². The second kappa shape index (κ2) is 7.48. The van der Waals surface area contributed by atoms with Crippen LogP contribution in [0, 0.1) is 4.77 Å². The van der Waals surface area contributed by atoms with Crippen molar-refractivity contribution in [2.45, 2.75) is 0 Å². The van der Waals surface area contributed by atoms with Gasteiger partial charge < -0.3 is 0 Å². The van der Waals surface area contributed by atoms with Gasteiger partial charge >= 0.3 is 0 Å². The van der Waals surface area contributed by atoms with Gasteiger partial charge in [0, 0.05) is 11.1 Å². The molecule has 2 heterocycles. The van der Waals surface area contributed by atoms with Crippen molar-refractivity contribution in [3.8, 4) is 22.8 Å². The summed E-state index contributed by atoms with van der Waals surface area (Å²) >= 11 is 17.5. The number of aromatic nitrogens is 5. The Morgan fingerprint density at radius 1 is 1.00 bits per heavy atom. The molecule has 0 radical (unpaired) electrons. The fraction of sp³-hybridized carbons (Fsp3) is 0. The Kier molecular flexibility index (Phi) is 4.89. The lowest BCUT2D eigenvalue weighted by Crippen LogP contribution is -1.95. The van der Waals surface area contributed by atoms with Crippen LogP contribution < -0.4 is 0 Å². The second-order valence-corrected chi connectivity index (χ2v) is 6.76. The highest BCUT2D eigenvalue weighted by Gasteiger charge is 2.12. The van der Waals surface area contributed by atoms with Gasteiger partial charge in [-0.25, -0.2) is 5.10 Å². The maximum atomic E-state index is 6.20. The average molecular weight is 415 g/mol. The molecular weight excluding hydrogens is 403 g/mol. The first-order valence-electron chi connectivity index (χ1n) is 7.90. The number of hydrogen-bond acceptors (Lipinski definition) is 4. The first-order chi connectivity index (χ1) is 13.1. The van der Waals surface area contributed by atoms with Crippen molar-refractivity contribution in [2.24, 2.45) is 5.10 Å². The standard InChI is InChI=1S/C18H12Cl2N6S/c19-13-8-4-7-12(16(13)20)10-21-26-17(24-25-18(26)27)15-9-14(22-23-15)11-5-2-1-3-6-11/h1-10H,(H,22,23)(H,25,27). The number of aromatic amines is 2. The van der Waals surface area contributed by atoms with E-state index in [-0.39, 0.29) is 0 Å². The molecule has 27 heavy (non-hydrogen) atoms. The van der Waals surface area contributed by atoms with E-state index >= 15 is 0 Å². The van der Waals surface area contributed by atoms with Crippen LogP contribution >= 0.6 is 35.4 Å². The minimum atomic E-state index is 0.343. The van der Waals surface area contributed by atoms with Crippen molar-refractivity contribution in [2.75, 3.05) is 0 Å². The molecule has 0 spiro atoms. The molecule has 0 aliphatic carbocycles. The molecule has 2 N–H and O–H groups in total. The van der Waals surface area contributed by atoms with Gasteiger partial charge in [-0.1, -0.05) is 65.7 Å². The number of rotatable bonds is 4. The number of halogens is 2. The average Bonchev–Trinajstić information content (AvgIpc) is 3.31. The van der Waals surface area contributed by atoms with Crippen LogP contribution in [0.25, 0.3) is 22.8 Å². The topological polar surface area (TPSA) is 74.7 Å². The van der Waals surface area contributed by atoms with Gasteiger partial charge in [-0.2, -0.15) is 20.0 Å². The monoisotopic (exact) mass is 414 g/mol. The van der Waals surface area contributed by atoms with Gasteiger partial charge in [0.2, 0.25) is 10.6 Å². The molecule has 0 unspecified atom stereocenters. The van der Waals surface area contributed by atoms with E-state index in [2.05, 4.69) is 25.5 Å². The van der Waals surface area contributed by atoms with Crippen molar-refractivity contribution in [1.82, 2.24) is 25.1 Å². The van der Waals surface area contributed by atoms with E-state index < -0.39 is 0 Å². The lowest BCUT2D eigenvalue weighted by molar-refractivity contribution is 0.865. The first-order valence-corrected chi connectivity index (χ1v) is 9.07. The molecule has 0 aliphatic rings. The van der Waals surface area contributed by atoms with E-state index in [1.807, 2.05) is 42.5 Å². The molecule has 0 saturated carbocycles. The van der Waals surface area contributed by atoms with Gasteiger partial charge in [0.1, 0.15) is 5.69 Å². The molecule has 4 rings (SSSR count).